The number of imidazole rings is 1. The zero-order valence-corrected chi connectivity index (χ0v) is 18.3. The van der Waals surface area contributed by atoms with Gasteiger partial charge in [0.1, 0.15) is 11.6 Å². The van der Waals surface area contributed by atoms with Gasteiger partial charge >= 0.3 is 0 Å². The van der Waals surface area contributed by atoms with Crippen LogP contribution in [0.15, 0.2) is 33.8 Å². The van der Waals surface area contributed by atoms with Crippen LogP contribution in [0.25, 0.3) is 11.0 Å². The number of aliphatic imine (C=N–C) groups is 1. The second-order valence-corrected chi connectivity index (χ2v) is 6.04. The summed E-state index contributed by atoms with van der Waals surface area (Å²) in [5.41, 5.74) is 4.20. The topological polar surface area (TPSA) is 91.1 Å². The summed E-state index contributed by atoms with van der Waals surface area (Å²) in [7, 11) is 1.77. The summed E-state index contributed by atoms with van der Waals surface area (Å²) >= 11 is 0. The third kappa shape index (κ3) is 5.21. The Morgan fingerprint density at radius 3 is 2.70 bits per heavy atom. The Labute approximate surface area is 176 Å². The van der Waals surface area contributed by atoms with Gasteiger partial charge in [0.2, 0.25) is 0 Å². The van der Waals surface area contributed by atoms with E-state index < -0.39 is 0 Å². The maximum absolute atomic E-state index is 5.41. The Morgan fingerprint density at radius 2 is 2.00 bits per heavy atom. The molecule has 1 aromatic carbocycles. The van der Waals surface area contributed by atoms with E-state index in [1.807, 2.05) is 24.3 Å². The lowest BCUT2D eigenvalue weighted by Gasteiger charge is -2.11. The van der Waals surface area contributed by atoms with Crippen molar-refractivity contribution in [1.82, 2.24) is 25.8 Å². The minimum absolute atomic E-state index is 0. The van der Waals surface area contributed by atoms with Gasteiger partial charge in [-0.3, -0.25) is 4.99 Å². The zero-order chi connectivity index (χ0) is 18.4. The maximum atomic E-state index is 5.41. The molecule has 3 aromatic rings. The Balaban J connectivity index is 0.00000261. The van der Waals surface area contributed by atoms with Gasteiger partial charge in [0.05, 0.1) is 16.7 Å². The van der Waals surface area contributed by atoms with Crippen LogP contribution in [0.4, 0.5) is 0 Å². The third-order valence-electron chi connectivity index (χ3n) is 4.36. The van der Waals surface area contributed by atoms with Gasteiger partial charge in [-0.1, -0.05) is 31.1 Å². The van der Waals surface area contributed by atoms with E-state index in [0.717, 1.165) is 65.6 Å². The van der Waals surface area contributed by atoms with E-state index in [9.17, 15) is 0 Å². The van der Waals surface area contributed by atoms with Gasteiger partial charge in [-0.2, -0.15) is 0 Å². The monoisotopic (exact) mass is 482 g/mol. The largest absolute Gasteiger partial charge is 0.361 e. The van der Waals surface area contributed by atoms with E-state index in [4.69, 9.17) is 4.52 Å². The van der Waals surface area contributed by atoms with Gasteiger partial charge in [0.15, 0.2) is 5.96 Å². The molecule has 0 amide bonds. The number of H-pyrrole nitrogens is 1. The summed E-state index contributed by atoms with van der Waals surface area (Å²) in [6.07, 6.45) is 2.49. The molecule has 2 heterocycles. The van der Waals surface area contributed by atoms with Crippen LogP contribution in [-0.2, 0) is 25.8 Å². The van der Waals surface area contributed by atoms with Crippen LogP contribution in [-0.4, -0.2) is 34.7 Å². The van der Waals surface area contributed by atoms with Gasteiger partial charge in [-0.15, -0.1) is 24.0 Å². The van der Waals surface area contributed by atoms with Gasteiger partial charge < -0.3 is 20.1 Å². The van der Waals surface area contributed by atoms with Crippen LogP contribution in [0.5, 0.6) is 0 Å². The fourth-order valence-electron chi connectivity index (χ4n) is 2.95. The molecule has 146 valence electrons. The second kappa shape index (κ2) is 10.3. The highest BCUT2D eigenvalue weighted by atomic mass is 127. The molecule has 0 fully saturated rings. The van der Waals surface area contributed by atoms with Crippen LogP contribution in [0, 0.1) is 0 Å². The van der Waals surface area contributed by atoms with Crippen molar-refractivity contribution in [2.24, 2.45) is 4.99 Å². The van der Waals surface area contributed by atoms with Crippen molar-refractivity contribution in [1.29, 1.82) is 0 Å². The first-order chi connectivity index (χ1) is 12.7. The number of guanidine groups is 1. The number of rotatable bonds is 7. The van der Waals surface area contributed by atoms with Gasteiger partial charge in [-0.05, 0) is 18.6 Å². The zero-order valence-electron chi connectivity index (χ0n) is 16.0. The Kier molecular flexibility index (Phi) is 8.08. The molecule has 0 aliphatic rings. The molecule has 0 spiro atoms. The lowest BCUT2D eigenvalue weighted by Crippen LogP contribution is -2.38. The molecule has 0 unspecified atom stereocenters. The van der Waals surface area contributed by atoms with Crippen LogP contribution >= 0.6 is 24.0 Å². The molecule has 27 heavy (non-hydrogen) atoms. The van der Waals surface area contributed by atoms with Crippen LogP contribution < -0.4 is 10.6 Å². The van der Waals surface area contributed by atoms with Crippen molar-refractivity contribution in [2.45, 2.75) is 39.7 Å². The molecular weight excluding hydrogens is 455 g/mol. The summed E-state index contributed by atoms with van der Waals surface area (Å²) in [5.74, 6) is 2.66. The van der Waals surface area contributed by atoms with Gasteiger partial charge in [0, 0.05) is 38.5 Å². The van der Waals surface area contributed by atoms with E-state index in [0.29, 0.717) is 6.54 Å². The summed E-state index contributed by atoms with van der Waals surface area (Å²) in [6, 6.07) is 8.05. The van der Waals surface area contributed by atoms with Crippen LogP contribution in [0.3, 0.4) is 0 Å². The lowest BCUT2D eigenvalue weighted by molar-refractivity contribution is 0.380. The van der Waals surface area contributed by atoms with Gasteiger partial charge in [0.25, 0.3) is 0 Å². The minimum atomic E-state index is 0. The number of fused-ring (bicyclic) bond motifs is 1. The first kappa shape index (κ1) is 21.2. The molecule has 0 aliphatic heterocycles. The molecule has 0 atom stereocenters. The predicted octanol–water partition coefficient (Wildman–Crippen LogP) is 3.20. The molecule has 0 saturated heterocycles. The smallest absolute Gasteiger partial charge is 0.191 e. The number of hydrogen-bond acceptors (Lipinski definition) is 4. The van der Waals surface area contributed by atoms with Crippen molar-refractivity contribution in [3.63, 3.8) is 0 Å². The van der Waals surface area contributed by atoms with Crippen molar-refractivity contribution in [3.05, 3.63) is 47.1 Å². The normalized spacial score (nSPS) is 11.4. The molecule has 0 aliphatic carbocycles. The number of nitrogens with zero attached hydrogens (tertiary/aromatic N) is 3. The van der Waals surface area contributed by atoms with Crippen LogP contribution in [0.2, 0.25) is 0 Å². The second-order valence-electron chi connectivity index (χ2n) is 6.04. The van der Waals surface area contributed by atoms with Crippen molar-refractivity contribution in [3.8, 4) is 0 Å². The van der Waals surface area contributed by atoms with Crippen molar-refractivity contribution >= 4 is 41.0 Å². The number of para-hydroxylation sites is 2. The molecule has 0 bridgehead atoms. The molecular formula is C19H27IN6O. The first-order valence-electron chi connectivity index (χ1n) is 9.09. The predicted molar refractivity (Wildman–Crippen MR) is 119 cm³/mol. The number of aromatic amines is 1. The lowest BCUT2D eigenvalue weighted by atomic mass is 10.1. The van der Waals surface area contributed by atoms with Crippen molar-refractivity contribution < 1.29 is 4.52 Å². The number of halogens is 1. The Morgan fingerprint density at radius 1 is 1.19 bits per heavy atom. The minimum Gasteiger partial charge on any atom is -0.361 e. The fraction of sp³-hybridized carbons (Fsp3) is 0.421. The van der Waals surface area contributed by atoms with E-state index in [2.05, 4.69) is 44.6 Å². The van der Waals surface area contributed by atoms with E-state index in [-0.39, 0.29) is 24.0 Å². The summed E-state index contributed by atoms with van der Waals surface area (Å²) in [6.45, 7) is 5.55. The molecule has 7 nitrogen and oxygen atoms in total. The Hall–Kier alpha value is -2.10. The quantitative estimate of drug-likeness (QED) is 0.273. The Bertz CT molecular complexity index is 831. The fourth-order valence-corrected chi connectivity index (χ4v) is 2.95. The third-order valence-corrected chi connectivity index (χ3v) is 4.36. The average molecular weight is 482 g/mol. The van der Waals surface area contributed by atoms with E-state index in [1.54, 1.807) is 7.05 Å². The number of nitrogens with one attached hydrogen (secondary N) is 3. The summed E-state index contributed by atoms with van der Waals surface area (Å²) in [5, 5.41) is 10.8. The standard InChI is InChI=1S/C19H26N6O.HI/c1-4-14-13(17(5-2)26-25-14)12-22-19(20-3)21-11-10-18-23-15-8-6-7-9-16(15)24-18;/h6-9H,4-5,10-12H2,1-3H3,(H,23,24)(H2,20,21,22);1H. The number of aromatic nitrogens is 3. The molecule has 0 radical (unpaired) electrons. The number of hydrogen-bond donors (Lipinski definition) is 3. The average Bonchev–Trinajstić information content (AvgIpc) is 3.27. The molecule has 3 N–H and O–H groups in total. The molecule has 8 heteroatoms. The maximum Gasteiger partial charge on any atom is 0.191 e. The molecule has 3 rings (SSSR count). The SMILES string of the molecule is CCc1noc(CC)c1CNC(=NC)NCCc1nc2ccccc2[nH]1.I. The first-order valence-corrected chi connectivity index (χ1v) is 9.09. The molecule has 2 aromatic heterocycles. The number of benzene rings is 1. The van der Waals surface area contributed by atoms with E-state index >= 15 is 0 Å². The summed E-state index contributed by atoms with van der Waals surface area (Å²) in [4.78, 5) is 12.2. The number of aryl methyl sites for hydroxylation is 2. The van der Waals surface area contributed by atoms with E-state index in [1.165, 1.54) is 0 Å². The highest BCUT2D eigenvalue weighted by Crippen LogP contribution is 2.15. The highest BCUT2D eigenvalue weighted by Gasteiger charge is 2.13. The molecule has 0 saturated carbocycles. The van der Waals surface area contributed by atoms with Crippen molar-refractivity contribution in [2.75, 3.05) is 13.6 Å². The highest BCUT2D eigenvalue weighted by molar-refractivity contribution is 14.0. The van der Waals surface area contributed by atoms with Crippen LogP contribution in [0.1, 0.15) is 36.7 Å². The summed E-state index contributed by atoms with van der Waals surface area (Å²) < 4.78 is 5.41. The van der Waals surface area contributed by atoms with Gasteiger partial charge in [-0.25, -0.2) is 4.98 Å².